The maximum atomic E-state index is 14.4. The molecule has 272 valence electrons. The van der Waals surface area contributed by atoms with Crippen molar-refractivity contribution in [2.75, 3.05) is 69.6 Å². The fourth-order valence-electron chi connectivity index (χ4n) is 5.47. The molecular weight excluding hydrogens is 683 g/mol. The van der Waals surface area contributed by atoms with Gasteiger partial charge in [-0.25, -0.2) is 4.98 Å². The number of nitrogens with zero attached hydrogens (tertiary/aromatic N) is 7. The van der Waals surface area contributed by atoms with Gasteiger partial charge >= 0.3 is 6.18 Å². The number of ether oxygens (including phenoxy) is 4. The highest BCUT2D eigenvalue weighted by Crippen LogP contribution is 2.42. The number of anilines is 2. The molecule has 2 aromatic heterocycles. The van der Waals surface area contributed by atoms with Crippen molar-refractivity contribution < 1.29 is 36.9 Å². The second-order valence-electron chi connectivity index (χ2n) is 11.4. The minimum atomic E-state index is -4.79. The third-order valence-electron chi connectivity index (χ3n) is 7.87. The molecule has 3 heterocycles. The lowest BCUT2D eigenvalue weighted by atomic mass is 9.97. The van der Waals surface area contributed by atoms with Crippen LogP contribution < -0.4 is 20.7 Å². The highest BCUT2D eigenvalue weighted by molar-refractivity contribution is 6.10. The van der Waals surface area contributed by atoms with Crippen LogP contribution >= 0.6 is 0 Å². The van der Waals surface area contributed by atoms with Crippen molar-refractivity contribution in [1.82, 2.24) is 19.7 Å². The Morgan fingerprint density at radius 3 is 2.33 bits per heavy atom. The number of pyridine rings is 1. The number of aryl methyl sites for hydroxylation is 1. The summed E-state index contributed by atoms with van der Waals surface area (Å²) in [7, 11) is 1.76. The Morgan fingerprint density at radius 1 is 0.942 bits per heavy atom. The Balaban J connectivity index is 1.40. The molecule has 0 atom stereocenters. The molecule has 52 heavy (non-hydrogen) atoms. The quantitative estimate of drug-likeness (QED) is 0.139. The molecule has 4 aromatic rings. The Morgan fingerprint density at radius 2 is 1.67 bits per heavy atom. The van der Waals surface area contributed by atoms with E-state index in [4.69, 9.17) is 29.9 Å². The number of rotatable bonds is 18. The van der Waals surface area contributed by atoms with Gasteiger partial charge in [0, 0.05) is 31.3 Å². The number of nitrogens with two attached hydrogens (primary N) is 1. The number of carbonyl (C=O) groups is 1. The summed E-state index contributed by atoms with van der Waals surface area (Å²) in [4.78, 5) is 19.6. The first-order valence-electron chi connectivity index (χ1n) is 16.3. The largest absolute Gasteiger partial charge is 0.491 e. The Kier molecular flexibility index (Phi) is 12.7. The molecular formula is C35H36F3N9O5. The molecule has 0 fully saturated rings. The first-order chi connectivity index (χ1) is 25.1. The molecule has 0 unspecified atom stereocenters. The highest BCUT2D eigenvalue weighted by Gasteiger charge is 2.41. The maximum Gasteiger partial charge on any atom is 0.416 e. The van der Waals surface area contributed by atoms with Crippen molar-refractivity contribution in [3.05, 3.63) is 71.0 Å². The molecule has 0 aliphatic carbocycles. The van der Waals surface area contributed by atoms with Crippen LogP contribution in [0.15, 0.2) is 48.8 Å². The predicted octanol–water partition coefficient (Wildman–Crippen LogP) is 4.31. The zero-order chi connectivity index (χ0) is 37.1. The Hall–Kier alpha value is -5.59. The van der Waals surface area contributed by atoms with Gasteiger partial charge in [-0.3, -0.25) is 9.69 Å². The summed E-state index contributed by atoms with van der Waals surface area (Å²) in [5, 5.41) is 30.0. The van der Waals surface area contributed by atoms with E-state index in [1.165, 1.54) is 12.4 Å². The second kappa shape index (κ2) is 17.6. The van der Waals surface area contributed by atoms with Gasteiger partial charge in [0.2, 0.25) is 0 Å². The molecule has 5 rings (SSSR count). The first-order valence-corrected chi connectivity index (χ1v) is 16.3. The molecule has 0 bridgehead atoms. The van der Waals surface area contributed by atoms with Gasteiger partial charge in [-0.2, -0.15) is 23.7 Å². The van der Waals surface area contributed by atoms with E-state index in [-0.39, 0.29) is 61.3 Å². The number of amides is 1. The number of alkyl halides is 3. The van der Waals surface area contributed by atoms with E-state index in [1.54, 1.807) is 41.9 Å². The van der Waals surface area contributed by atoms with Gasteiger partial charge in [0.25, 0.3) is 5.91 Å². The molecule has 1 amide bonds. The lowest BCUT2D eigenvalue weighted by Crippen LogP contribution is -2.24. The molecule has 0 saturated carbocycles. The fourth-order valence-corrected chi connectivity index (χ4v) is 5.47. The first kappa shape index (κ1) is 37.7. The minimum Gasteiger partial charge on any atom is -0.491 e. The van der Waals surface area contributed by atoms with Crippen molar-refractivity contribution in [3.63, 3.8) is 0 Å². The van der Waals surface area contributed by atoms with Gasteiger partial charge in [-0.1, -0.05) is 0 Å². The summed E-state index contributed by atoms with van der Waals surface area (Å²) in [6.07, 6.45) is -3.12. The SMILES string of the molecule is Cn1cnnc1-c1ccc(C#N)cc1-c1cc(NCCC#N)nc(N2Cc3c(cc(OCCOCCOCCOCCN)cc3C(F)(F)F)C2=O)c1. The molecule has 3 N–H and O–H groups in total. The van der Waals surface area contributed by atoms with Crippen LogP contribution in [-0.2, 0) is 34.0 Å². The lowest BCUT2D eigenvalue weighted by molar-refractivity contribution is -0.138. The zero-order valence-electron chi connectivity index (χ0n) is 28.3. The monoisotopic (exact) mass is 719 g/mol. The molecule has 0 saturated heterocycles. The number of benzene rings is 2. The number of halogens is 3. The topological polar surface area (TPSA) is 186 Å². The Bertz CT molecular complexity index is 1960. The standard InChI is InChI=1S/C35H36F3N9O5/c1-46-22-43-45-33(46)26-4-3-23(20-41)15-27(26)24-16-31(42-7-2-5-39)44-32(17-24)47-21-29-28(34(47)48)18-25(19-30(29)35(36,37)38)52-14-13-51-12-11-50-10-9-49-8-6-40/h3-4,15-19,22H,2,6-14,21,40H2,1H3,(H,42,44). The molecule has 1 aliphatic rings. The normalized spacial score (nSPS) is 12.4. The predicted molar refractivity (Wildman–Crippen MR) is 182 cm³/mol. The van der Waals surface area contributed by atoms with Crippen LogP contribution in [0.5, 0.6) is 5.75 Å². The van der Waals surface area contributed by atoms with Gasteiger partial charge < -0.3 is 34.6 Å². The van der Waals surface area contributed by atoms with Crippen molar-refractivity contribution in [2.24, 2.45) is 12.8 Å². The zero-order valence-corrected chi connectivity index (χ0v) is 28.3. The van der Waals surface area contributed by atoms with Crippen LogP contribution in [0.3, 0.4) is 0 Å². The van der Waals surface area contributed by atoms with Crippen molar-refractivity contribution >= 4 is 17.5 Å². The summed E-state index contributed by atoms with van der Waals surface area (Å²) in [6, 6.07) is 14.5. The number of nitrogens with one attached hydrogen (secondary N) is 1. The molecule has 0 radical (unpaired) electrons. The summed E-state index contributed by atoms with van der Waals surface area (Å²) in [6.45, 7) is 1.99. The highest BCUT2D eigenvalue weighted by atomic mass is 19.4. The van der Waals surface area contributed by atoms with Crippen LogP contribution in [0.1, 0.15) is 33.5 Å². The van der Waals surface area contributed by atoms with Gasteiger partial charge in [0.15, 0.2) is 5.82 Å². The average molecular weight is 720 g/mol. The second-order valence-corrected chi connectivity index (χ2v) is 11.4. The van der Waals surface area contributed by atoms with E-state index >= 15 is 0 Å². The summed E-state index contributed by atoms with van der Waals surface area (Å²) >= 11 is 0. The van der Waals surface area contributed by atoms with Crippen molar-refractivity contribution in [3.8, 4) is 40.4 Å². The fraction of sp³-hybridized carbons (Fsp3) is 0.371. The van der Waals surface area contributed by atoms with Crippen molar-refractivity contribution in [1.29, 1.82) is 10.5 Å². The third-order valence-corrected chi connectivity index (χ3v) is 7.87. The third kappa shape index (κ3) is 9.19. The summed E-state index contributed by atoms with van der Waals surface area (Å²) < 4.78 is 66.6. The van der Waals surface area contributed by atoms with Gasteiger partial charge in [-0.05, 0) is 59.2 Å². The summed E-state index contributed by atoms with van der Waals surface area (Å²) in [5.74, 6) is -0.0291. The van der Waals surface area contributed by atoms with Gasteiger partial charge in [0.05, 0.1) is 75.9 Å². The van der Waals surface area contributed by atoms with Gasteiger partial charge in [-0.15, -0.1) is 10.2 Å². The van der Waals surface area contributed by atoms with Crippen LogP contribution in [-0.4, -0.2) is 85.0 Å². The van der Waals surface area contributed by atoms with Crippen LogP contribution in [0.2, 0.25) is 0 Å². The van der Waals surface area contributed by atoms with E-state index < -0.39 is 24.2 Å². The van der Waals surface area contributed by atoms with Crippen molar-refractivity contribution in [2.45, 2.75) is 19.1 Å². The molecule has 1 aliphatic heterocycles. The molecule has 17 heteroatoms. The molecule has 14 nitrogen and oxygen atoms in total. The van der Waals surface area contributed by atoms with Crippen LogP contribution in [0.25, 0.3) is 22.5 Å². The number of hydrogen-bond donors (Lipinski definition) is 2. The van der Waals surface area contributed by atoms with E-state index in [2.05, 4.69) is 26.6 Å². The lowest BCUT2D eigenvalue weighted by Gasteiger charge is -2.19. The maximum absolute atomic E-state index is 14.4. The van der Waals surface area contributed by atoms with E-state index in [9.17, 15) is 23.2 Å². The Labute approximate surface area is 297 Å². The molecule has 2 aromatic carbocycles. The number of nitriles is 2. The summed E-state index contributed by atoms with van der Waals surface area (Å²) in [5.41, 5.74) is 5.95. The minimum absolute atomic E-state index is 0.0570. The van der Waals surface area contributed by atoms with Crippen LogP contribution in [0.4, 0.5) is 24.8 Å². The van der Waals surface area contributed by atoms with Crippen LogP contribution in [0, 0.1) is 22.7 Å². The van der Waals surface area contributed by atoms with E-state index in [0.717, 1.165) is 11.0 Å². The van der Waals surface area contributed by atoms with E-state index in [0.29, 0.717) is 61.1 Å². The van der Waals surface area contributed by atoms with E-state index in [1.807, 2.05) is 6.07 Å². The number of carbonyl (C=O) groups excluding carboxylic acids is 1. The number of aromatic nitrogens is 4. The van der Waals surface area contributed by atoms with Gasteiger partial charge in [0.1, 0.15) is 30.3 Å². The smallest absolute Gasteiger partial charge is 0.416 e. The number of fused-ring (bicyclic) bond motifs is 1. The number of hydrogen-bond acceptors (Lipinski definition) is 12. The average Bonchev–Trinajstić information content (AvgIpc) is 3.71. The molecule has 0 spiro atoms.